The molecule has 0 aromatic heterocycles. The van der Waals surface area contributed by atoms with Gasteiger partial charge in [-0.25, -0.2) is 0 Å². The summed E-state index contributed by atoms with van der Waals surface area (Å²) in [7, 11) is 0. The van der Waals surface area contributed by atoms with Gasteiger partial charge in [0, 0.05) is 42.3 Å². The third-order valence-electron chi connectivity index (χ3n) is 12.6. The smallest absolute Gasteiger partial charge is 0.140 e. The molecule has 0 aromatic carbocycles. The lowest BCUT2D eigenvalue weighted by atomic mass is 9.47. The zero-order valence-electron chi connectivity index (χ0n) is 20.2. The van der Waals surface area contributed by atoms with Gasteiger partial charge in [0.1, 0.15) is 11.6 Å². The lowest BCUT2D eigenvalue weighted by Crippen LogP contribution is -2.56. The first kappa shape index (κ1) is 20.4. The Hall–Kier alpha value is -0.990. The molecule has 0 aromatic rings. The minimum absolute atomic E-state index is 0.141. The van der Waals surface area contributed by atoms with Gasteiger partial charge >= 0.3 is 0 Å². The van der Waals surface area contributed by atoms with E-state index in [9.17, 15) is 9.59 Å². The largest absolute Gasteiger partial charge is 0.299 e. The van der Waals surface area contributed by atoms with Crippen LogP contribution in [0, 0.1) is 64.1 Å². The molecule has 0 amide bonds. The Morgan fingerprint density at radius 3 is 2.34 bits per heavy atom. The third-order valence-corrected chi connectivity index (χ3v) is 12.6. The zero-order valence-corrected chi connectivity index (χ0v) is 20.2. The van der Waals surface area contributed by atoms with E-state index in [1.807, 2.05) is 0 Å². The van der Waals surface area contributed by atoms with Crippen molar-refractivity contribution < 1.29 is 9.59 Å². The molecule has 1 heterocycles. The predicted octanol–water partition coefficient (Wildman–Crippen LogP) is 5.90. The number of ketones is 2. The number of carbonyl (C=O) groups is 2. The molecule has 6 atom stereocenters. The molecule has 32 heavy (non-hydrogen) atoms. The van der Waals surface area contributed by atoms with Crippen LogP contribution in [0.25, 0.3) is 0 Å². The quantitative estimate of drug-likeness (QED) is 0.542. The van der Waals surface area contributed by atoms with Crippen molar-refractivity contribution in [1.29, 1.82) is 0 Å². The average molecular weight is 436 g/mol. The van der Waals surface area contributed by atoms with E-state index in [0.29, 0.717) is 47.6 Å². The van der Waals surface area contributed by atoms with Gasteiger partial charge in [-0.1, -0.05) is 13.8 Å². The Morgan fingerprint density at radius 2 is 1.62 bits per heavy atom. The van der Waals surface area contributed by atoms with Crippen molar-refractivity contribution in [3.05, 3.63) is 0 Å². The van der Waals surface area contributed by atoms with Crippen LogP contribution < -0.4 is 0 Å². The van der Waals surface area contributed by atoms with Gasteiger partial charge in [0.15, 0.2) is 0 Å². The summed E-state index contributed by atoms with van der Waals surface area (Å²) < 4.78 is 0. The molecule has 7 aliphatic carbocycles. The highest BCUT2D eigenvalue weighted by Crippen LogP contribution is 2.65. The minimum Gasteiger partial charge on any atom is -0.299 e. The number of hydrogen-bond donors (Lipinski definition) is 0. The normalized spacial score (nSPS) is 55.8. The van der Waals surface area contributed by atoms with Crippen molar-refractivity contribution in [1.82, 2.24) is 0 Å². The van der Waals surface area contributed by atoms with E-state index in [0.717, 1.165) is 49.5 Å². The van der Waals surface area contributed by atoms with E-state index in [-0.39, 0.29) is 10.8 Å². The third kappa shape index (κ3) is 2.63. The Morgan fingerprint density at radius 1 is 0.906 bits per heavy atom. The van der Waals surface area contributed by atoms with Crippen LogP contribution in [0.1, 0.15) is 90.9 Å². The first-order valence-corrected chi connectivity index (χ1v) is 14.0. The molecule has 7 saturated carbocycles. The maximum atomic E-state index is 14.2. The summed E-state index contributed by atoms with van der Waals surface area (Å²) in [5, 5.41) is 0. The van der Waals surface area contributed by atoms with Gasteiger partial charge in [-0.3, -0.25) is 14.6 Å². The standard InChI is InChI=1S/C29H41NO2/c1-28-8-6-23-21(15-30-25-14-20(31)5-7-29(23,25)2)22(28)3-4-24(28)27(32)26-18-10-16-9-17(12-18)13-19(26)11-16/h16-19,21-24,26H,3-15H2,1-2H3/t16?,17?,18?,19?,21?,22?,23?,24-,26?,28+,29-/m1/s1. The SMILES string of the molecule is C[C@]12CCC(=O)CC1=NCC1C2CC[C@@]2(C)C1CC[C@@H]2C(=O)C1C2CC3CC(C2)CC1C3. The topological polar surface area (TPSA) is 46.5 Å². The number of fused-ring (bicyclic) bond motifs is 5. The number of aliphatic imine (C=N–C) groups is 1. The average Bonchev–Trinajstić information content (AvgIpc) is 3.10. The van der Waals surface area contributed by atoms with E-state index in [2.05, 4.69) is 13.8 Å². The highest BCUT2D eigenvalue weighted by atomic mass is 16.1. The van der Waals surface area contributed by atoms with E-state index in [4.69, 9.17) is 4.99 Å². The fourth-order valence-electron chi connectivity index (χ4n) is 11.3. The Bertz CT molecular complexity index is 862. The number of nitrogens with zero attached hydrogens (tertiary/aromatic N) is 1. The van der Waals surface area contributed by atoms with E-state index in [1.165, 1.54) is 57.1 Å². The molecule has 8 aliphatic rings. The number of hydrogen-bond acceptors (Lipinski definition) is 3. The molecule has 174 valence electrons. The number of carbonyl (C=O) groups excluding carboxylic acids is 2. The molecular formula is C29H41NO2. The van der Waals surface area contributed by atoms with Crippen LogP contribution >= 0.6 is 0 Å². The summed E-state index contributed by atoms with van der Waals surface area (Å²) in [5.74, 6) is 7.11. The zero-order chi connectivity index (χ0) is 21.8. The Kier molecular flexibility index (Phi) is 4.32. The van der Waals surface area contributed by atoms with E-state index >= 15 is 0 Å². The van der Waals surface area contributed by atoms with Gasteiger partial charge in [-0.05, 0) is 111 Å². The van der Waals surface area contributed by atoms with Gasteiger partial charge in [0.25, 0.3) is 0 Å². The van der Waals surface area contributed by atoms with Crippen LogP contribution in [0.3, 0.4) is 0 Å². The molecule has 3 nitrogen and oxygen atoms in total. The van der Waals surface area contributed by atoms with Gasteiger partial charge < -0.3 is 0 Å². The maximum Gasteiger partial charge on any atom is 0.140 e. The maximum absolute atomic E-state index is 14.2. The molecule has 0 saturated heterocycles. The summed E-state index contributed by atoms with van der Waals surface area (Å²) in [5.41, 5.74) is 1.56. The lowest BCUT2D eigenvalue weighted by Gasteiger charge is -2.57. The molecule has 0 spiro atoms. The second kappa shape index (κ2) is 6.79. The highest BCUT2D eigenvalue weighted by Gasteiger charge is 2.62. The lowest BCUT2D eigenvalue weighted by molar-refractivity contribution is -0.146. The van der Waals surface area contributed by atoms with Gasteiger partial charge in [0.05, 0.1) is 0 Å². The van der Waals surface area contributed by atoms with Crippen LogP contribution in [-0.2, 0) is 9.59 Å². The second-order valence-corrected chi connectivity index (χ2v) is 13.8. The van der Waals surface area contributed by atoms with Gasteiger partial charge in [-0.2, -0.15) is 0 Å². The summed E-state index contributed by atoms with van der Waals surface area (Å²) in [4.78, 5) is 31.4. The molecular weight excluding hydrogens is 394 g/mol. The molecule has 0 N–H and O–H groups in total. The van der Waals surface area contributed by atoms with E-state index in [1.54, 1.807) is 0 Å². The van der Waals surface area contributed by atoms with Crippen LogP contribution in [0.15, 0.2) is 4.99 Å². The van der Waals surface area contributed by atoms with Crippen LogP contribution in [0.5, 0.6) is 0 Å². The van der Waals surface area contributed by atoms with Crippen LogP contribution in [-0.4, -0.2) is 23.8 Å². The first-order chi connectivity index (χ1) is 15.4. The molecule has 7 fully saturated rings. The number of Topliss-reactive ketones (excluding diaryl/α,β-unsaturated/α-hetero) is 2. The molecule has 8 rings (SSSR count). The van der Waals surface area contributed by atoms with Crippen molar-refractivity contribution in [2.45, 2.75) is 90.9 Å². The summed E-state index contributed by atoms with van der Waals surface area (Å²) in [6.45, 7) is 5.84. The van der Waals surface area contributed by atoms with Crippen molar-refractivity contribution in [3.63, 3.8) is 0 Å². The minimum atomic E-state index is 0.141. The first-order valence-electron chi connectivity index (χ1n) is 14.0. The van der Waals surface area contributed by atoms with Crippen LogP contribution in [0.2, 0.25) is 0 Å². The van der Waals surface area contributed by atoms with Crippen molar-refractivity contribution in [3.8, 4) is 0 Å². The second-order valence-electron chi connectivity index (χ2n) is 13.8. The van der Waals surface area contributed by atoms with Crippen LogP contribution in [0.4, 0.5) is 0 Å². The Labute approximate surface area is 193 Å². The summed E-state index contributed by atoms with van der Waals surface area (Å²) >= 11 is 0. The van der Waals surface area contributed by atoms with E-state index < -0.39 is 0 Å². The number of rotatable bonds is 2. The molecule has 4 bridgehead atoms. The van der Waals surface area contributed by atoms with Crippen molar-refractivity contribution in [2.24, 2.45) is 69.1 Å². The summed E-state index contributed by atoms with van der Waals surface area (Å²) in [6.07, 6.45) is 14.1. The Balaban J connectivity index is 1.15. The molecule has 3 unspecified atom stereocenters. The monoisotopic (exact) mass is 435 g/mol. The van der Waals surface area contributed by atoms with Gasteiger partial charge in [-0.15, -0.1) is 0 Å². The van der Waals surface area contributed by atoms with Crippen molar-refractivity contribution in [2.75, 3.05) is 6.54 Å². The fourth-order valence-corrected chi connectivity index (χ4v) is 11.3. The van der Waals surface area contributed by atoms with Crippen molar-refractivity contribution >= 4 is 17.3 Å². The molecule has 1 aliphatic heterocycles. The van der Waals surface area contributed by atoms with Gasteiger partial charge in [0.2, 0.25) is 0 Å². The predicted molar refractivity (Wildman–Crippen MR) is 125 cm³/mol. The highest BCUT2D eigenvalue weighted by molar-refractivity contribution is 6.07. The summed E-state index contributed by atoms with van der Waals surface area (Å²) in [6, 6.07) is 0. The molecule has 0 radical (unpaired) electrons. The molecule has 3 heteroatoms. The fraction of sp³-hybridized carbons (Fsp3) is 0.897.